The highest BCUT2D eigenvalue weighted by atomic mass is 16.6. The van der Waals surface area contributed by atoms with Gasteiger partial charge in [0.15, 0.2) is 6.10 Å². The minimum absolute atomic E-state index is 0.0657. The Morgan fingerprint density at radius 3 is 0.907 bits per heavy atom. The Bertz CT molecular complexity index is 824. The van der Waals surface area contributed by atoms with Gasteiger partial charge in [0, 0.05) is 19.3 Å². The second kappa shape index (κ2) is 41.1. The Morgan fingerprint density at radius 1 is 0.352 bits per heavy atom. The number of rotatable bonds is 42. The molecule has 6 heteroatoms. The second-order valence-corrected chi connectivity index (χ2v) is 17.3. The predicted molar refractivity (Wildman–Crippen MR) is 229 cm³/mol. The number of hydrogen-bond acceptors (Lipinski definition) is 6. The van der Waals surface area contributed by atoms with Crippen molar-refractivity contribution in [3.63, 3.8) is 0 Å². The van der Waals surface area contributed by atoms with Crippen molar-refractivity contribution < 1.29 is 28.6 Å². The Morgan fingerprint density at radius 2 is 0.611 bits per heavy atom. The largest absolute Gasteiger partial charge is 0.462 e. The molecule has 0 amide bonds. The number of unbranched alkanes of at least 4 members (excludes halogenated alkanes) is 27. The van der Waals surface area contributed by atoms with Crippen LogP contribution < -0.4 is 0 Å². The quantitative estimate of drug-likeness (QED) is 0.0350. The molecular weight excluding hydrogens is 673 g/mol. The Kier molecular flexibility index (Phi) is 39.8. The minimum Gasteiger partial charge on any atom is -0.462 e. The fourth-order valence-corrected chi connectivity index (χ4v) is 7.11. The smallest absolute Gasteiger partial charge is 0.306 e. The van der Waals surface area contributed by atoms with Gasteiger partial charge in [0.25, 0.3) is 0 Å². The zero-order valence-corrected chi connectivity index (χ0v) is 36.8. The summed E-state index contributed by atoms with van der Waals surface area (Å²) < 4.78 is 16.7. The van der Waals surface area contributed by atoms with E-state index in [1.54, 1.807) is 0 Å². The van der Waals surface area contributed by atoms with Gasteiger partial charge in [-0.1, -0.05) is 221 Å². The molecule has 0 heterocycles. The maximum atomic E-state index is 12.7. The highest BCUT2D eigenvalue weighted by Crippen LogP contribution is 2.17. The fraction of sp³-hybridized carbons (Fsp3) is 0.938. The summed E-state index contributed by atoms with van der Waals surface area (Å²) in [7, 11) is 0. The first kappa shape index (κ1) is 52.4. The molecule has 0 fully saturated rings. The monoisotopic (exact) mass is 765 g/mol. The molecule has 0 aromatic heterocycles. The molecule has 0 radical (unpaired) electrons. The maximum absolute atomic E-state index is 12.7. The van der Waals surface area contributed by atoms with Gasteiger partial charge in [-0.05, 0) is 31.1 Å². The Labute approximate surface area is 336 Å². The van der Waals surface area contributed by atoms with Crippen LogP contribution in [0.5, 0.6) is 0 Å². The molecule has 0 aliphatic heterocycles. The average Bonchev–Trinajstić information content (AvgIpc) is 3.14. The highest BCUT2D eigenvalue weighted by molar-refractivity contribution is 5.71. The molecule has 0 aromatic rings. The van der Waals surface area contributed by atoms with E-state index in [0.29, 0.717) is 19.3 Å². The number of carbonyl (C=O) groups is 3. The lowest BCUT2D eigenvalue weighted by atomic mass is 10.0. The van der Waals surface area contributed by atoms with E-state index in [-0.39, 0.29) is 31.1 Å². The predicted octanol–water partition coefficient (Wildman–Crippen LogP) is 15.0. The number of hydrogen-bond donors (Lipinski definition) is 0. The second-order valence-electron chi connectivity index (χ2n) is 17.3. The summed E-state index contributed by atoms with van der Waals surface area (Å²) in [5.74, 6) is 0.694. The van der Waals surface area contributed by atoms with Crippen LogP contribution in [0.25, 0.3) is 0 Å². The van der Waals surface area contributed by atoms with Gasteiger partial charge in [-0.2, -0.15) is 0 Å². The van der Waals surface area contributed by atoms with Crippen molar-refractivity contribution in [2.45, 2.75) is 265 Å². The minimum atomic E-state index is -0.761. The van der Waals surface area contributed by atoms with E-state index in [9.17, 15) is 14.4 Å². The SMILES string of the molecule is CCCCCCCCCCCCCCCCCCC(=O)OC[C@@H](COC(=O)CCCCCCCCCCC(C)C)OC(=O)CCCCCCCCC(C)C. The van der Waals surface area contributed by atoms with E-state index in [2.05, 4.69) is 34.6 Å². The average molecular weight is 765 g/mol. The standard InChI is InChI=1S/C48H92O6/c1-6-7-8-9-10-11-12-13-14-15-16-17-18-22-28-33-38-46(49)52-41-45(54-48(51)40-35-30-25-24-27-32-37-44(4)5)42-53-47(50)39-34-29-23-20-19-21-26-31-36-43(2)3/h43-45H,6-42H2,1-5H3/t45-/m0/s1. The molecule has 0 N–H and O–H groups in total. The van der Waals surface area contributed by atoms with Crippen LogP contribution in [0.15, 0.2) is 0 Å². The van der Waals surface area contributed by atoms with Crippen molar-refractivity contribution in [2.24, 2.45) is 11.8 Å². The van der Waals surface area contributed by atoms with Crippen molar-refractivity contribution in [3.8, 4) is 0 Å². The van der Waals surface area contributed by atoms with Gasteiger partial charge in [-0.15, -0.1) is 0 Å². The van der Waals surface area contributed by atoms with Gasteiger partial charge >= 0.3 is 17.9 Å². The van der Waals surface area contributed by atoms with Gasteiger partial charge in [-0.3, -0.25) is 14.4 Å². The maximum Gasteiger partial charge on any atom is 0.306 e. The summed E-state index contributed by atoms with van der Waals surface area (Å²) in [5, 5.41) is 0. The first-order valence-corrected chi connectivity index (χ1v) is 23.7. The summed E-state index contributed by atoms with van der Waals surface area (Å²) in [6.07, 6.45) is 39.6. The van der Waals surface area contributed by atoms with E-state index < -0.39 is 6.10 Å². The molecule has 0 aliphatic rings. The van der Waals surface area contributed by atoms with Gasteiger partial charge in [-0.25, -0.2) is 0 Å². The van der Waals surface area contributed by atoms with Gasteiger partial charge < -0.3 is 14.2 Å². The molecule has 0 rings (SSSR count). The molecular formula is C48H92O6. The van der Waals surface area contributed by atoms with Crippen LogP contribution in [0.2, 0.25) is 0 Å². The molecule has 0 bridgehead atoms. The van der Waals surface area contributed by atoms with Crippen LogP contribution in [-0.2, 0) is 28.6 Å². The lowest BCUT2D eigenvalue weighted by Crippen LogP contribution is -2.30. The fourth-order valence-electron chi connectivity index (χ4n) is 7.11. The molecule has 320 valence electrons. The zero-order chi connectivity index (χ0) is 39.7. The lowest BCUT2D eigenvalue weighted by molar-refractivity contribution is -0.167. The van der Waals surface area contributed by atoms with Gasteiger partial charge in [0.1, 0.15) is 13.2 Å². The zero-order valence-electron chi connectivity index (χ0n) is 36.8. The van der Waals surface area contributed by atoms with Gasteiger partial charge in [0.05, 0.1) is 0 Å². The molecule has 0 saturated heterocycles. The molecule has 54 heavy (non-hydrogen) atoms. The molecule has 0 aromatic carbocycles. The Hall–Kier alpha value is -1.59. The van der Waals surface area contributed by atoms with Crippen molar-refractivity contribution in [2.75, 3.05) is 13.2 Å². The normalized spacial score (nSPS) is 12.1. The van der Waals surface area contributed by atoms with Crippen LogP contribution in [-0.4, -0.2) is 37.2 Å². The van der Waals surface area contributed by atoms with Crippen LogP contribution in [0.3, 0.4) is 0 Å². The van der Waals surface area contributed by atoms with Crippen molar-refractivity contribution >= 4 is 17.9 Å². The number of esters is 3. The highest BCUT2D eigenvalue weighted by Gasteiger charge is 2.19. The van der Waals surface area contributed by atoms with E-state index in [4.69, 9.17) is 14.2 Å². The number of ether oxygens (including phenoxy) is 3. The summed E-state index contributed by atoms with van der Waals surface area (Å²) in [4.78, 5) is 37.7. The Balaban J connectivity index is 4.26. The summed E-state index contributed by atoms with van der Waals surface area (Å²) >= 11 is 0. The molecule has 0 spiro atoms. The first-order valence-electron chi connectivity index (χ1n) is 23.7. The van der Waals surface area contributed by atoms with Crippen molar-refractivity contribution in [1.29, 1.82) is 0 Å². The number of carbonyl (C=O) groups excluding carboxylic acids is 3. The summed E-state index contributed by atoms with van der Waals surface area (Å²) in [5.41, 5.74) is 0. The van der Waals surface area contributed by atoms with Crippen LogP contribution in [0.4, 0.5) is 0 Å². The van der Waals surface area contributed by atoms with E-state index in [1.165, 1.54) is 148 Å². The summed E-state index contributed by atoms with van der Waals surface area (Å²) in [6, 6.07) is 0. The molecule has 1 atom stereocenters. The lowest BCUT2D eigenvalue weighted by Gasteiger charge is -2.18. The summed E-state index contributed by atoms with van der Waals surface area (Å²) in [6.45, 7) is 11.2. The third-order valence-electron chi connectivity index (χ3n) is 10.7. The molecule has 0 saturated carbocycles. The third kappa shape index (κ3) is 41.6. The van der Waals surface area contributed by atoms with Crippen LogP contribution in [0, 0.1) is 11.8 Å². The topological polar surface area (TPSA) is 78.9 Å². The van der Waals surface area contributed by atoms with Crippen molar-refractivity contribution in [1.82, 2.24) is 0 Å². The molecule has 0 aliphatic carbocycles. The van der Waals surface area contributed by atoms with E-state index in [1.807, 2.05) is 0 Å². The molecule has 0 unspecified atom stereocenters. The van der Waals surface area contributed by atoms with Crippen LogP contribution in [0.1, 0.15) is 259 Å². The van der Waals surface area contributed by atoms with Crippen molar-refractivity contribution in [3.05, 3.63) is 0 Å². The van der Waals surface area contributed by atoms with E-state index >= 15 is 0 Å². The van der Waals surface area contributed by atoms with Gasteiger partial charge in [0.2, 0.25) is 0 Å². The first-order chi connectivity index (χ1) is 26.2. The van der Waals surface area contributed by atoms with E-state index in [0.717, 1.165) is 69.6 Å². The van der Waals surface area contributed by atoms with Crippen LogP contribution >= 0.6 is 0 Å². The molecule has 6 nitrogen and oxygen atoms in total. The third-order valence-corrected chi connectivity index (χ3v) is 10.7.